The van der Waals surface area contributed by atoms with Crippen LogP contribution in [0.4, 0.5) is 8.78 Å². The highest BCUT2D eigenvalue weighted by Gasteiger charge is 2.48. The lowest BCUT2D eigenvalue weighted by atomic mass is 9.81. The minimum Gasteiger partial charge on any atom is -0.277 e. The molecule has 0 spiro atoms. The average Bonchev–Trinajstić information content (AvgIpc) is 1.83. The summed E-state index contributed by atoms with van der Waals surface area (Å²) in [7, 11) is 1.27. The van der Waals surface area contributed by atoms with Crippen molar-refractivity contribution in [3.8, 4) is 0 Å². The zero-order valence-corrected chi connectivity index (χ0v) is 6.06. The molecule has 5 heteroatoms. The van der Waals surface area contributed by atoms with Gasteiger partial charge in [-0.2, -0.15) is 0 Å². The molecule has 0 aliphatic heterocycles. The maximum Gasteiger partial charge on any atom is 0.249 e. The Balaban J connectivity index is 2.27. The van der Waals surface area contributed by atoms with Gasteiger partial charge in [-0.05, 0) is 0 Å². The number of carbonyl (C=O) groups excluding carboxylic acids is 1. The molecule has 1 saturated carbocycles. The van der Waals surface area contributed by atoms with Crippen LogP contribution in [-0.4, -0.2) is 18.9 Å². The Bertz CT molecular complexity index is 164. The number of nitrogens with one attached hydrogen (secondary N) is 1. The lowest BCUT2D eigenvalue weighted by Crippen LogP contribution is -2.44. The first kappa shape index (κ1) is 8.39. The zero-order chi connectivity index (χ0) is 8.48. The molecule has 0 bridgehead atoms. The van der Waals surface area contributed by atoms with Gasteiger partial charge >= 0.3 is 0 Å². The summed E-state index contributed by atoms with van der Waals surface area (Å²) in [4.78, 5) is 15.0. The maximum absolute atomic E-state index is 12.2. The number of alkyl halides is 2. The summed E-state index contributed by atoms with van der Waals surface area (Å²) in [6.45, 7) is 0. The molecule has 0 aromatic carbocycles. The van der Waals surface area contributed by atoms with Crippen molar-refractivity contribution in [1.82, 2.24) is 5.48 Å². The molecule has 64 valence electrons. The summed E-state index contributed by atoms with van der Waals surface area (Å²) in [6, 6.07) is 0. The minimum absolute atomic E-state index is 0.359. The van der Waals surface area contributed by atoms with E-state index in [1.807, 2.05) is 5.48 Å². The van der Waals surface area contributed by atoms with Crippen LogP contribution < -0.4 is 5.48 Å². The molecule has 1 fully saturated rings. The van der Waals surface area contributed by atoms with E-state index in [4.69, 9.17) is 0 Å². The largest absolute Gasteiger partial charge is 0.277 e. The van der Waals surface area contributed by atoms with Gasteiger partial charge < -0.3 is 0 Å². The minimum atomic E-state index is -2.64. The molecule has 0 aromatic heterocycles. The molecule has 1 rings (SSSR count). The molecule has 1 aliphatic carbocycles. The molecule has 0 saturated heterocycles. The third kappa shape index (κ3) is 1.86. The van der Waals surface area contributed by atoms with Crippen molar-refractivity contribution in [2.24, 2.45) is 5.92 Å². The number of halogens is 2. The second-order valence-electron chi connectivity index (χ2n) is 2.63. The fourth-order valence-electron chi connectivity index (χ4n) is 1.03. The molecule has 0 aromatic rings. The second kappa shape index (κ2) is 2.73. The van der Waals surface area contributed by atoms with Crippen LogP contribution in [0.3, 0.4) is 0 Å². The number of hydrogen-bond donors (Lipinski definition) is 1. The van der Waals surface area contributed by atoms with E-state index < -0.39 is 17.7 Å². The van der Waals surface area contributed by atoms with Crippen LogP contribution in [0.1, 0.15) is 12.8 Å². The number of rotatable bonds is 2. The number of amides is 1. The van der Waals surface area contributed by atoms with Crippen molar-refractivity contribution in [2.45, 2.75) is 18.8 Å². The number of hydroxylamine groups is 1. The van der Waals surface area contributed by atoms with Gasteiger partial charge in [0, 0.05) is 12.8 Å². The molecule has 0 unspecified atom stereocenters. The lowest BCUT2D eigenvalue weighted by molar-refractivity contribution is -0.159. The van der Waals surface area contributed by atoms with E-state index >= 15 is 0 Å². The van der Waals surface area contributed by atoms with Crippen LogP contribution in [0.2, 0.25) is 0 Å². The normalized spacial score (nSPS) is 22.5. The van der Waals surface area contributed by atoms with Gasteiger partial charge in [0.2, 0.25) is 11.8 Å². The molecule has 3 nitrogen and oxygen atoms in total. The Morgan fingerprint density at radius 3 is 2.55 bits per heavy atom. The zero-order valence-electron chi connectivity index (χ0n) is 6.06. The van der Waals surface area contributed by atoms with Gasteiger partial charge in [0.05, 0.1) is 13.0 Å². The lowest BCUT2D eigenvalue weighted by Gasteiger charge is -2.33. The van der Waals surface area contributed by atoms with Crippen LogP contribution >= 0.6 is 0 Å². The summed E-state index contributed by atoms with van der Waals surface area (Å²) in [5.74, 6) is -3.68. The first-order valence-electron chi connectivity index (χ1n) is 3.26. The fourth-order valence-corrected chi connectivity index (χ4v) is 1.03. The van der Waals surface area contributed by atoms with E-state index in [9.17, 15) is 13.6 Å². The molecule has 11 heavy (non-hydrogen) atoms. The van der Waals surface area contributed by atoms with Gasteiger partial charge in [-0.1, -0.05) is 0 Å². The third-order valence-electron chi connectivity index (χ3n) is 1.66. The van der Waals surface area contributed by atoms with E-state index in [1.165, 1.54) is 7.11 Å². The van der Waals surface area contributed by atoms with Crippen molar-refractivity contribution in [2.75, 3.05) is 7.11 Å². The van der Waals surface area contributed by atoms with E-state index in [0.717, 1.165) is 0 Å². The van der Waals surface area contributed by atoms with Crippen LogP contribution in [0, 0.1) is 5.92 Å². The average molecular weight is 165 g/mol. The van der Waals surface area contributed by atoms with E-state index in [2.05, 4.69) is 4.84 Å². The summed E-state index contributed by atoms with van der Waals surface area (Å²) < 4.78 is 24.3. The van der Waals surface area contributed by atoms with Crippen molar-refractivity contribution in [1.29, 1.82) is 0 Å². The standard InChI is InChI=1S/C6H9F2NO2/c1-11-9-5(10)4-2-6(7,8)3-4/h4H,2-3H2,1H3,(H,9,10). The van der Waals surface area contributed by atoms with Crippen LogP contribution in [-0.2, 0) is 9.63 Å². The van der Waals surface area contributed by atoms with Gasteiger partial charge in [0.1, 0.15) is 0 Å². The quantitative estimate of drug-likeness (QED) is 0.612. The Morgan fingerprint density at radius 2 is 2.18 bits per heavy atom. The first-order chi connectivity index (χ1) is 5.05. The topological polar surface area (TPSA) is 38.3 Å². The van der Waals surface area contributed by atoms with Gasteiger partial charge in [0.15, 0.2) is 0 Å². The second-order valence-corrected chi connectivity index (χ2v) is 2.63. The predicted molar refractivity (Wildman–Crippen MR) is 32.8 cm³/mol. The van der Waals surface area contributed by atoms with Gasteiger partial charge in [-0.3, -0.25) is 9.63 Å². The van der Waals surface area contributed by atoms with Crippen molar-refractivity contribution < 1.29 is 18.4 Å². The van der Waals surface area contributed by atoms with Gasteiger partial charge in [-0.25, -0.2) is 14.3 Å². The molecule has 1 amide bonds. The van der Waals surface area contributed by atoms with Crippen LogP contribution in [0.15, 0.2) is 0 Å². The highest BCUT2D eigenvalue weighted by molar-refractivity contribution is 5.78. The Labute approximate surface area is 62.7 Å². The SMILES string of the molecule is CONC(=O)C1CC(F)(F)C1. The Morgan fingerprint density at radius 1 is 1.64 bits per heavy atom. The Hall–Kier alpha value is -0.710. The molecular formula is C6H9F2NO2. The monoisotopic (exact) mass is 165 g/mol. The fraction of sp³-hybridized carbons (Fsp3) is 0.833. The first-order valence-corrected chi connectivity index (χ1v) is 3.26. The van der Waals surface area contributed by atoms with Crippen molar-refractivity contribution >= 4 is 5.91 Å². The van der Waals surface area contributed by atoms with E-state index in [-0.39, 0.29) is 12.8 Å². The summed E-state index contributed by atoms with van der Waals surface area (Å²) in [5, 5.41) is 0. The summed E-state index contributed by atoms with van der Waals surface area (Å²) in [5.41, 5.74) is 2.01. The van der Waals surface area contributed by atoms with Crippen molar-refractivity contribution in [3.05, 3.63) is 0 Å². The van der Waals surface area contributed by atoms with Gasteiger partial charge in [-0.15, -0.1) is 0 Å². The van der Waals surface area contributed by atoms with Crippen LogP contribution in [0.5, 0.6) is 0 Å². The van der Waals surface area contributed by atoms with Crippen molar-refractivity contribution in [3.63, 3.8) is 0 Å². The maximum atomic E-state index is 12.2. The highest BCUT2D eigenvalue weighted by Crippen LogP contribution is 2.42. The van der Waals surface area contributed by atoms with Gasteiger partial charge in [0.25, 0.3) is 0 Å². The predicted octanol–water partition coefficient (Wildman–Crippen LogP) is 0.709. The molecule has 0 heterocycles. The molecular weight excluding hydrogens is 156 g/mol. The highest BCUT2D eigenvalue weighted by atomic mass is 19.3. The number of hydrogen-bond acceptors (Lipinski definition) is 2. The molecule has 1 N–H and O–H groups in total. The molecule has 1 aliphatic rings. The summed E-state index contributed by atoms with van der Waals surface area (Å²) in [6.07, 6.45) is -0.718. The Kier molecular flexibility index (Phi) is 2.08. The third-order valence-corrected chi connectivity index (χ3v) is 1.66. The van der Waals surface area contributed by atoms with E-state index in [0.29, 0.717) is 0 Å². The molecule has 0 radical (unpaired) electrons. The van der Waals surface area contributed by atoms with Crippen LogP contribution in [0.25, 0.3) is 0 Å². The van der Waals surface area contributed by atoms with E-state index in [1.54, 1.807) is 0 Å². The molecule has 0 atom stereocenters. The summed E-state index contributed by atoms with van der Waals surface area (Å²) >= 11 is 0. The smallest absolute Gasteiger partial charge is 0.249 e. The number of carbonyl (C=O) groups is 1.